The molecule has 0 amide bonds. The zero-order chi connectivity index (χ0) is 20.4. The average molecular weight is 400 g/mol. The van der Waals surface area contributed by atoms with Crippen LogP contribution in [0.3, 0.4) is 0 Å². The molecule has 146 valence electrons. The van der Waals surface area contributed by atoms with Crippen LogP contribution in [0.1, 0.15) is 11.1 Å². The van der Waals surface area contributed by atoms with Crippen molar-refractivity contribution in [2.45, 2.75) is 12.4 Å². The van der Waals surface area contributed by atoms with E-state index in [9.17, 15) is 26.3 Å². The first kappa shape index (κ1) is 19.5. The lowest BCUT2D eigenvalue weighted by molar-refractivity contribution is -0.138. The largest absolute Gasteiger partial charge is 0.439 e. The Morgan fingerprint density at radius 2 is 0.893 bits per heavy atom. The smallest absolute Gasteiger partial charge is 0.417 e. The summed E-state index contributed by atoms with van der Waals surface area (Å²) >= 11 is 0. The Morgan fingerprint density at radius 3 is 1.14 bits per heavy atom. The van der Waals surface area contributed by atoms with Gasteiger partial charge in [0.25, 0.3) is 0 Å². The Kier molecular flexibility index (Phi) is 5.12. The minimum atomic E-state index is -4.49. The minimum absolute atomic E-state index is 0.0360. The van der Waals surface area contributed by atoms with Crippen molar-refractivity contribution in [1.82, 2.24) is 9.97 Å². The number of aromatic nitrogens is 2. The third-order valence-electron chi connectivity index (χ3n) is 3.40. The Labute approximate surface area is 154 Å². The van der Waals surface area contributed by atoms with Gasteiger partial charge in [0, 0.05) is 24.5 Å². The third kappa shape index (κ3) is 4.90. The van der Waals surface area contributed by atoms with Crippen molar-refractivity contribution in [3.05, 3.63) is 72.1 Å². The molecule has 0 atom stereocenters. The maximum atomic E-state index is 12.5. The van der Waals surface area contributed by atoms with E-state index in [-0.39, 0.29) is 23.3 Å². The Bertz CT molecular complexity index is 842. The average Bonchev–Trinajstić information content (AvgIpc) is 2.63. The van der Waals surface area contributed by atoms with E-state index in [1.54, 1.807) is 0 Å². The van der Waals surface area contributed by atoms with Crippen molar-refractivity contribution >= 4 is 0 Å². The first-order valence-electron chi connectivity index (χ1n) is 7.63. The summed E-state index contributed by atoms with van der Waals surface area (Å²) < 4.78 is 85.6. The Balaban J connectivity index is 1.63. The van der Waals surface area contributed by atoms with Crippen molar-refractivity contribution in [3.8, 4) is 23.3 Å². The molecule has 0 spiro atoms. The van der Waals surface area contributed by atoms with Crippen molar-refractivity contribution in [3.63, 3.8) is 0 Å². The van der Waals surface area contributed by atoms with E-state index in [1.807, 2.05) is 0 Å². The molecule has 0 unspecified atom stereocenters. The molecule has 10 heteroatoms. The molecule has 2 heterocycles. The number of benzene rings is 1. The molecule has 1 aromatic carbocycles. The molecular weight excluding hydrogens is 390 g/mol. The number of ether oxygens (including phenoxy) is 2. The van der Waals surface area contributed by atoms with Gasteiger partial charge < -0.3 is 9.47 Å². The van der Waals surface area contributed by atoms with Crippen LogP contribution in [0.15, 0.2) is 60.9 Å². The fourth-order valence-corrected chi connectivity index (χ4v) is 2.03. The van der Waals surface area contributed by atoms with Gasteiger partial charge in [-0.05, 0) is 36.4 Å². The van der Waals surface area contributed by atoms with Crippen LogP contribution in [0.4, 0.5) is 26.3 Å². The number of hydrogen-bond acceptors (Lipinski definition) is 4. The summed E-state index contributed by atoms with van der Waals surface area (Å²) in [6, 6.07) is 9.68. The number of nitrogens with zero attached hydrogens (tertiary/aromatic N) is 2. The highest BCUT2D eigenvalue weighted by atomic mass is 19.4. The molecule has 0 bridgehead atoms. The van der Waals surface area contributed by atoms with E-state index in [1.165, 1.54) is 24.3 Å². The van der Waals surface area contributed by atoms with Crippen molar-refractivity contribution in [2.75, 3.05) is 0 Å². The number of halogens is 6. The predicted octanol–water partition coefficient (Wildman–Crippen LogP) is 6.10. The van der Waals surface area contributed by atoms with Crippen molar-refractivity contribution < 1.29 is 35.8 Å². The second-order valence-corrected chi connectivity index (χ2v) is 5.44. The predicted molar refractivity (Wildman–Crippen MR) is 85.1 cm³/mol. The molecule has 0 fully saturated rings. The van der Waals surface area contributed by atoms with Crippen LogP contribution < -0.4 is 9.47 Å². The summed E-state index contributed by atoms with van der Waals surface area (Å²) in [4.78, 5) is 7.17. The van der Waals surface area contributed by atoms with Crippen molar-refractivity contribution in [2.24, 2.45) is 0 Å². The molecule has 28 heavy (non-hydrogen) atoms. The fraction of sp³-hybridized carbons (Fsp3) is 0.111. The molecule has 4 nitrogen and oxygen atoms in total. The maximum absolute atomic E-state index is 12.5. The van der Waals surface area contributed by atoms with Gasteiger partial charge in [-0.2, -0.15) is 26.3 Å². The van der Waals surface area contributed by atoms with E-state index in [2.05, 4.69) is 9.97 Å². The second kappa shape index (κ2) is 7.37. The summed E-state index contributed by atoms with van der Waals surface area (Å²) in [5.41, 5.74) is -1.79. The van der Waals surface area contributed by atoms with Gasteiger partial charge in [0.15, 0.2) is 0 Å². The summed E-state index contributed by atoms with van der Waals surface area (Å²) in [6.45, 7) is 0. The summed E-state index contributed by atoms with van der Waals surface area (Å²) in [7, 11) is 0. The quantitative estimate of drug-likeness (QED) is 0.497. The lowest BCUT2D eigenvalue weighted by atomic mass is 10.3. The highest BCUT2D eigenvalue weighted by Crippen LogP contribution is 2.32. The highest BCUT2D eigenvalue weighted by molar-refractivity contribution is 5.36. The van der Waals surface area contributed by atoms with E-state index in [0.717, 1.165) is 24.3 Å². The van der Waals surface area contributed by atoms with Gasteiger partial charge in [-0.3, -0.25) is 0 Å². The van der Waals surface area contributed by atoms with Gasteiger partial charge in [-0.1, -0.05) is 0 Å². The molecule has 0 saturated heterocycles. The standard InChI is InChI=1S/C18H10F6N2O2/c19-17(20,21)11-1-7-15(25-9-11)27-13-3-5-14(6-4-13)28-16-8-2-12(10-26-16)18(22,23)24/h1-10H. The molecule has 3 rings (SSSR count). The summed E-state index contributed by atoms with van der Waals surface area (Å²) in [5, 5.41) is 0. The zero-order valence-corrected chi connectivity index (χ0v) is 13.8. The molecule has 0 radical (unpaired) electrons. The van der Waals surface area contributed by atoms with Gasteiger partial charge in [0.2, 0.25) is 11.8 Å². The molecule has 0 N–H and O–H groups in total. The van der Waals surface area contributed by atoms with E-state index < -0.39 is 23.5 Å². The van der Waals surface area contributed by atoms with Crippen LogP contribution in [0.5, 0.6) is 23.3 Å². The number of pyridine rings is 2. The zero-order valence-electron chi connectivity index (χ0n) is 13.8. The van der Waals surface area contributed by atoms with Gasteiger partial charge in [-0.15, -0.1) is 0 Å². The van der Waals surface area contributed by atoms with Crippen LogP contribution in [0.25, 0.3) is 0 Å². The molecule has 0 aliphatic carbocycles. The maximum Gasteiger partial charge on any atom is 0.417 e. The lowest BCUT2D eigenvalue weighted by Gasteiger charge is -2.09. The van der Waals surface area contributed by atoms with Crippen LogP contribution in [-0.4, -0.2) is 9.97 Å². The summed E-state index contributed by atoms with van der Waals surface area (Å²) in [5.74, 6) is 0.483. The first-order valence-corrected chi connectivity index (χ1v) is 7.63. The van der Waals surface area contributed by atoms with Gasteiger partial charge in [0.1, 0.15) is 11.5 Å². The van der Waals surface area contributed by atoms with E-state index in [4.69, 9.17) is 9.47 Å². The number of hydrogen-bond donors (Lipinski definition) is 0. The highest BCUT2D eigenvalue weighted by Gasteiger charge is 2.31. The van der Waals surface area contributed by atoms with Crippen LogP contribution >= 0.6 is 0 Å². The van der Waals surface area contributed by atoms with Gasteiger partial charge >= 0.3 is 12.4 Å². The minimum Gasteiger partial charge on any atom is -0.439 e. The molecule has 0 aliphatic rings. The van der Waals surface area contributed by atoms with Gasteiger partial charge in [0.05, 0.1) is 11.1 Å². The SMILES string of the molecule is FC(F)(F)c1ccc(Oc2ccc(Oc3ccc(C(F)(F)F)cn3)cc2)nc1. The molecule has 0 aliphatic heterocycles. The van der Waals surface area contributed by atoms with E-state index >= 15 is 0 Å². The topological polar surface area (TPSA) is 44.2 Å². The van der Waals surface area contributed by atoms with Crippen LogP contribution in [0, 0.1) is 0 Å². The van der Waals surface area contributed by atoms with Crippen LogP contribution in [-0.2, 0) is 12.4 Å². The normalized spacial score (nSPS) is 11.9. The monoisotopic (exact) mass is 400 g/mol. The fourth-order valence-electron chi connectivity index (χ4n) is 2.03. The second-order valence-electron chi connectivity index (χ2n) is 5.44. The lowest BCUT2D eigenvalue weighted by Crippen LogP contribution is -2.05. The molecular formula is C18H10F6N2O2. The Hall–Kier alpha value is -3.30. The number of alkyl halides is 6. The molecule has 3 aromatic rings. The number of rotatable bonds is 4. The molecule has 2 aromatic heterocycles. The third-order valence-corrected chi connectivity index (χ3v) is 3.40. The first-order chi connectivity index (χ1) is 13.1. The van der Waals surface area contributed by atoms with E-state index in [0.29, 0.717) is 12.4 Å². The molecule has 0 saturated carbocycles. The summed E-state index contributed by atoms with van der Waals surface area (Å²) in [6.07, 6.45) is -7.67. The van der Waals surface area contributed by atoms with Crippen LogP contribution in [0.2, 0.25) is 0 Å². The van der Waals surface area contributed by atoms with Gasteiger partial charge in [-0.25, -0.2) is 9.97 Å². The Morgan fingerprint density at radius 1 is 0.536 bits per heavy atom. The van der Waals surface area contributed by atoms with Crippen molar-refractivity contribution in [1.29, 1.82) is 0 Å².